The van der Waals surface area contributed by atoms with Crippen LogP contribution in [0, 0.1) is 5.41 Å². The Morgan fingerprint density at radius 3 is 2.53 bits per heavy atom. The van der Waals surface area contributed by atoms with Crippen LogP contribution in [0.2, 0.25) is 0 Å². The van der Waals surface area contributed by atoms with Crippen molar-refractivity contribution in [3.05, 3.63) is 23.9 Å². The van der Waals surface area contributed by atoms with Crippen LogP contribution in [0.15, 0.2) is 18.2 Å². The first-order valence-electron chi connectivity index (χ1n) is 6.25. The maximum Gasteiger partial charge on any atom is 0.213 e. The average molecular weight is 234 g/mol. The third-order valence-corrected chi connectivity index (χ3v) is 3.83. The normalized spacial score (nSPS) is 26.0. The van der Waals surface area contributed by atoms with Gasteiger partial charge in [0, 0.05) is 18.0 Å². The largest absolute Gasteiger partial charge is 0.475 e. The van der Waals surface area contributed by atoms with Crippen molar-refractivity contribution in [3.63, 3.8) is 0 Å². The fraction of sp³-hybridized carbons (Fsp3) is 0.643. The standard InChI is InChI=1S/C14H22N2O/c1-10(2)17-12-7-5-6-11(16-12)14(9-15)8-13(14,3)4/h5-7,10H,8-9,15H2,1-4H3. The molecule has 0 saturated heterocycles. The number of ether oxygens (including phenoxy) is 1. The lowest BCUT2D eigenvalue weighted by Gasteiger charge is -2.19. The Bertz CT molecular complexity index is 414. The minimum absolute atomic E-state index is 0.0450. The smallest absolute Gasteiger partial charge is 0.213 e. The Hall–Kier alpha value is -1.09. The predicted octanol–water partition coefficient (Wildman–Crippen LogP) is 2.50. The Kier molecular flexibility index (Phi) is 2.90. The maximum absolute atomic E-state index is 5.95. The number of rotatable bonds is 4. The van der Waals surface area contributed by atoms with Crippen molar-refractivity contribution in [2.75, 3.05) is 6.54 Å². The maximum atomic E-state index is 5.95. The highest BCUT2D eigenvalue weighted by atomic mass is 16.5. The van der Waals surface area contributed by atoms with E-state index in [2.05, 4.69) is 24.9 Å². The Balaban J connectivity index is 2.28. The lowest BCUT2D eigenvalue weighted by molar-refractivity contribution is 0.231. The van der Waals surface area contributed by atoms with E-state index in [1.54, 1.807) is 0 Å². The van der Waals surface area contributed by atoms with Gasteiger partial charge >= 0.3 is 0 Å². The van der Waals surface area contributed by atoms with Crippen LogP contribution in [-0.2, 0) is 5.41 Å². The molecule has 0 bridgehead atoms. The van der Waals surface area contributed by atoms with Crippen LogP contribution in [0.5, 0.6) is 5.88 Å². The Morgan fingerprint density at radius 2 is 2.06 bits per heavy atom. The van der Waals surface area contributed by atoms with Crippen LogP contribution in [-0.4, -0.2) is 17.6 Å². The molecule has 0 radical (unpaired) electrons. The molecule has 1 aliphatic carbocycles. The average Bonchev–Trinajstić information content (AvgIpc) is 2.82. The molecule has 0 aromatic carbocycles. The van der Waals surface area contributed by atoms with Crippen molar-refractivity contribution < 1.29 is 4.74 Å². The van der Waals surface area contributed by atoms with Crippen LogP contribution >= 0.6 is 0 Å². The van der Waals surface area contributed by atoms with Crippen molar-refractivity contribution in [3.8, 4) is 5.88 Å². The van der Waals surface area contributed by atoms with E-state index in [1.165, 1.54) is 0 Å². The zero-order valence-corrected chi connectivity index (χ0v) is 11.2. The highest BCUT2D eigenvalue weighted by Crippen LogP contribution is 2.63. The summed E-state index contributed by atoms with van der Waals surface area (Å²) in [4.78, 5) is 4.61. The van der Waals surface area contributed by atoms with E-state index in [-0.39, 0.29) is 16.9 Å². The highest BCUT2D eigenvalue weighted by Gasteiger charge is 2.62. The summed E-state index contributed by atoms with van der Waals surface area (Å²) in [6, 6.07) is 5.98. The van der Waals surface area contributed by atoms with Gasteiger partial charge in [0.2, 0.25) is 5.88 Å². The number of hydrogen-bond donors (Lipinski definition) is 1. The first-order chi connectivity index (χ1) is 7.91. The molecule has 1 saturated carbocycles. The third-order valence-electron chi connectivity index (χ3n) is 3.83. The van der Waals surface area contributed by atoms with Crippen LogP contribution in [0.4, 0.5) is 0 Å². The molecule has 2 rings (SSSR count). The zero-order valence-electron chi connectivity index (χ0n) is 11.2. The number of pyridine rings is 1. The molecule has 1 fully saturated rings. The van der Waals surface area contributed by atoms with Gasteiger partial charge in [-0.25, -0.2) is 4.98 Å². The van der Waals surface area contributed by atoms with Gasteiger partial charge < -0.3 is 10.5 Å². The molecule has 1 aliphatic rings. The number of nitrogens with zero attached hydrogens (tertiary/aromatic N) is 1. The van der Waals surface area contributed by atoms with Gasteiger partial charge in [-0.15, -0.1) is 0 Å². The molecule has 1 heterocycles. The van der Waals surface area contributed by atoms with Crippen molar-refractivity contribution in [2.24, 2.45) is 11.1 Å². The molecule has 0 aliphatic heterocycles. The Labute approximate surface area is 103 Å². The lowest BCUT2D eigenvalue weighted by Crippen LogP contribution is -2.26. The molecule has 17 heavy (non-hydrogen) atoms. The SMILES string of the molecule is CC(C)Oc1cccc(C2(CN)CC2(C)C)n1. The van der Waals surface area contributed by atoms with Crippen LogP contribution in [0.25, 0.3) is 0 Å². The summed E-state index contributed by atoms with van der Waals surface area (Å²) in [5, 5.41) is 0. The summed E-state index contributed by atoms with van der Waals surface area (Å²) >= 11 is 0. The molecular weight excluding hydrogens is 212 g/mol. The van der Waals surface area contributed by atoms with Crippen molar-refractivity contribution in [1.29, 1.82) is 0 Å². The topological polar surface area (TPSA) is 48.1 Å². The first kappa shape index (κ1) is 12.4. The van der Waals surface area contributed by atoms with E-state index in [0.717, 1.165) is 12.1 Å². The summed E-state index contributed by atoms with van der Waals surface area (Å²) in [6.07, 6.45) is 1.26. The minimum Gasteiger partial charge on any atom is -0.475 e. The molecule has 3 heteroatoms. The molecule has 1 unspecified atom stereocenters. The molecule has 1 atom stereocenters. The van der Waals surface area contributed by atoms with Gasteiger partial charge in [-0.3, -0.25) is 0 Å². The van der Waals surface area contributed by atoms with E-state index in [0.29, 0.717) is 12.4 Å². The fourth-order valence-corrected chi connectivity index (χ4v) is 2.59. The lowest BCUT2D eigenvalue weighted by atomic mass is 9.92. The van der Waals surface area contributed by atoms with Gasteiger partial charge in [-0.1, -0.05) is 19.9 Å². The fourth-order valence-electron chi connectivity index (χ4n) is 2.59. The summed E-state index contributed by atoms with van der Waals surface area (Å²) in [5.74, 6) is 0.702. The van der Waals surface area contributed by atoms with Gasteiger partial charge in [0.05, 0.1) is 11.8 Å². The van der Waals surface area contributed by atoms with E-state index in [4.69, 9.17) is 10.5 Å². The molecule has 0 amide bonds. The summed E-state index contributed by atoms with van der Waals surface area (Å²) in [6.45, 7) is 9.16. The van der Waals surface area contributed by atoms with Crippen LogP contribution in [0.1, 0.15) is 39.8 Å². The predicted molar refractivity (Wildman–Crippen MR) is 69.1 cm³/mol. The molecular formula is C14H22N2O. The summed E-state index contributed by atoms with van der Waals surface area (Å²) in [7, 11) is 0. The molecule has 3 nitrogen and oxygen atoms in total. The van der Waals surface area contributed by atoms with Gasteiger partial charge in [0.25, 0.3) is 0 Å². The van der Waals surface area contributed by atoms with Crippen molar-refractivity contribution in [1.82, 2.24) is 4.98 Å². The van der Waals surface area contributed by atoms with Gasteiger partial charge in [0.15, 0.2) is 0 Å². The second-order valence-electron chi connectivity index (χ2n) is 5.87. The van der Waals surface area contributed by atoms with Crippen molar-refractivity contribution in [2.45, 2.75) is 45.6 Å². The van der Waals surface area contributed by atoms with Gasteiger partial charge in [-0.2, -0.15) is 0 Å². The first-order valence-corrected chi connectivity index (χ1v) is 6.25. The third kappa shape index (κ3) is 2.04. The highest BCUT2D eigenvalue weighted by molar-refractivity contribution is 5.34. The van der Waals surface area contributed by atoms with E-state index in [1.807, 2.05) is 26.0 Å². The monoisotopic (exact) mass is 234 g/mol. The second kappa shape index (κ2) is 3.98. The van der Waals surface area contributed by atoms with E-state index in [9.17, 15) is 0 Å². The number of nitrogens with two attached hydrogens (primary N) is 1. The summed E-state index contributed by atoms with van der Waals surface area (Å²) < 4.78 is 5.64. The quantitative estimate of drug-likeness (QED) is 0.870. The van der Waals surface area contributed by atoms with Crippen LogP contribution < -0.4 is 10.5 Å². The molecule has 2 N–H and O–H groups in total. The second-order valence-corrected chi connectivity index (χ2v) is 5.87. The van der Waals surface area contributed by atoms with Crippen LogP contribution in [0.3, 0.4) is 0 Å². The van der Waals surface area contributed by atoms with E-state index >= 15 is 0 Å². The minimum atomic E-state index is 0.0450. The zero-order chi connectivity index (χ0) is 12.7. The molecule has 1 aromatic rings. The number of hydrogen-bond acceptors (Lipinski definition) is 3. The van der Waals surface area contributed by atoms with Crippen molar-refractivity contribution >= 4 is 0 Å². The molecule has 0 spiro atoms. The Morgan fingerprint density at radius 1 is 1.41 bits per heavy atom. The summed E-state index contributed by atoms with van der Waals surface area (Å²) in [5.41, 5.74) is 7.32. The van der Waals surface area contributed by atoms with Gasteiger partial charge in [-0.05, 0) is 31.7 Å². The van der Waals surface area contributed by atoms with Gasteiger partial charge in [0.1, 0.15) is 0 Å². The molecule has 94 valence electrons. The number of aromatic nitrogens is 1. The van der Waals surface area contributed by atoms with E-state index < -0.39 is 0 Å². The molecule has 1 aromatic heterocycles.